The van der Waals surface area contributed by atoms with Crippen LogP contribution in [0.3, 0.4) is 0 Å². The highest BCUT2D eigenvalue weighted by molar-refractivity contribution is 5.96. The molecule has 0 amide bonds. The fraction of sp³-hybridized carbons (Fsp3) is 0.458. The van der Waals surface area contributed by atoms with E-state index in [4.69, 9.17) is 19.0 Å². The van der Waals surface area contributed by atoms with E-state index in [9.17, 15) is 0 Å². The predicted molar refractivity (Wildman–Crippen MR) is 122 cm³/mol. The summed E-state index contributed by atoms with van der Waals surface area (Å²) in [6.45, 7) is 9.74. The maximum atomic E-state index is 6.01. The molecule has 0 atom stereocenters. The second-order valence-corrected chi connectivity index (χ2v) is 7.14. The lowest BCUT2D eigenvalue weighted by Crippen LogP contribution is -2.05. The largest absolute Gasteiger partial charge is 0.493 e. The van der Waals surface area contributed by atoms with Crippen LogP contribution < -0.4 is 14.2 Å². The van der Waals surface area contributed by atoms with Crippen molar-refractivity contribution < 1.29 is 19.0 Å². The Labute approximate surface area is 185 Å². The van der Waals surface area contributed by atoms with Crippen molar-refractivity contribution in [3.05, 3.63) is 53.2 Å². The molecule has 0 aliphatic carbocycles. The minimum Gasteiger partial charge on any atom is -0.493 e. The summed E-state index contributed by atoms with van der Waals surface area (Å²) in [4.78, 5) is 4.74. The molecule has 7 nitrogen and oxygen atoms in total. The van der Waals surface area contributed by atoms with Gasteiger partial charge in [-0.25, -0.2) is 0 Å². The maximum Gasteiger partial charge on any atom is 0.233 e. The van der Waals surface area contributed by atoms with E-state index in [0.717, 1.165) is 41.9 Å². The van der Waals surface area contributed by atoms with Gasteiger partial charge >= 0.3 is 0 Å². The molecule has 0 spiro atoms. The number of unbranched alkanes of at least 4 members (excludes halogenated alkanes) is 2. The molecular weight excluding hydrogens is 394 g/mol. The average molecular weight is 428 g/mol. The first-order chi connectivity index (χ1) is 15.0. The topological polar surface area (TPSA) is 75.1 Å². The lowest BCUT2D eigenvalue weighted by Gasteiger charge is -2.14. The third kappa shape index (κ3) is 8.28. The number of rotatable bonds is 13. The standard InChI is InChI=1S/C24H33N3O4/c1-6-7-13-29-21-16-18(2)24(19(3)17-21)31-15-10-8-9-14-30-23-12-11-22(25-26-23)20(4)27-28-5/h6-7,11-12,16-17H,8-10,13-15H2,1-5H3/b7-6+,27-20?. The molecule has 2 aromatic rings. The van der Waals surface area contributed by atoms with Crippen molar-refractivity contribution in [2.45, 2.75) is 47.0 Å². The number of ether oxygens (including phenoxy) is 3. The third-order valence-corrected chi connectivity index (χ3v) is 4.54. The zero-order valence-electron chi connectivity index (χ0n) is 19.2. The van der Waals surface area contributed by atoms with Gasteiger partial charge in [0.15, 0.2) is 0 Å². The Morgan fingerprint density at radius 1 is 0.968 bits per heavy atom. The van der Waals surface area contributed by atoms with Crippen LogP contribution in [-0.2, 0) is 4.84 Å². The molecule has 0 unspecified atom stereocenters. The van der Waals surface area contributed by atoms with E-state index in [-0.39, 0.29) is 0 Å². The highest BCUT2D eigenvalue weighted by atomic mass is 16.6. The van der Waals surface area contributed by atoms with E-state index in [1.54, 1.807) is 6.07 Å². The molecule has 7 heteroatoms. The molecule has 1 heterocycles. The van der Waals surface area contributed by atoms with Gasteiger partial charge in [0.05, 0.1) is 13.2 Å². The van der Waals surface area contributed by atoms with Gasteiger partial charge in [-0.15, -0.1) is 10.2 Å². The van der Waals surface area contributed by atoms with Gasteiger partial charge < -0.3 is 19.0 Å². The number of aromatic nitrogens is 2. The van der Waals surface area contributed by atoms with E-state index >= 15 is 0 Å². The second-order valence-electron chi connectivity index (χ2n) is 7.14. The molecule has 0 bridgehead atoms. The molecule has 2 rings (SSSR count). The number of benzene rings is 1. The van der Waals surface area contributed by atoms with Crippen LogP contribution in [0, 0.1) is 13.8 Å². The Bertz CT molecular complexity index is 841. The van der Waals surface area contributed by atoms with Crippen LogP contribution in [0.25, 0.3) is 0 Å². The Morgan fingerprint density at radius 3 is 2.29 bits per heavy atom. The molecule has 0 aliphatic heterocycles. The van der Waals surface area contributed by atoms with Crippen molar-refractivity contribution in [2.75, 3.05) is 26.9 Å². The van der Waals surface area contributed by atoms with Crippen molar-refractivity contribution in [1.29, 1.82) is 0 Å². The van der Waals surface area contributed by atoms with Gasteiger partial charge in [-0.3, -0.25) is 0 Å². The summed E-state index contributed by atoms with van der Waals surface area (Å²) in [5, 5.41) is 12.0. The average Bonchev–Trinajstić information content (AvgIpc) is 2.75. The maximum absolute atomic E-state index is 6.01. The molecule has 0 fully saturated rings. The van der Waals surface area contributed by atoms with Crippen molar-refractivity contribution in [3.8, 4) is 17.4 Å². The van der Waals surface area contributed by atoms with Crippen molar-refractivity contribution in [1.82, 2.24) is 10.2 Å². The van der Waals surface area contributed by atoms with Gasteiger partial charge in [0.2, 0.25) is 5.88 Å². The molecule has 0 N–H and O–H groups in total. The number of hydrogen-bond donors (Lipinski definition) is 0. The van der Waals surface area contributed by atoms with Gasteiger partial charge in [-0.05, 0) is 76.3 Å². The summed E-state index contributed by atoms with van der Waals surface area (Å²) >= 11 is 0. The van der Waals surface area contributed by atoms with Crippen LogP contribution in [0.15, 0.2) is 41.6 Å². The number of nitrogens with zero attached hydrogens (tertiary/aromatic N) is 3. The van der Waals surface area contributed by atoms with E-state index in [2.05, 4.69) is 15.4 Å². The lowest BCUT2D eigenvalue weighted by atomic mass is 10.1. The number of oxime groups is 1. The molecule has 0 saturated heterocycles. The summed E-state index contributed by atoms with van der Waals surface area (Å²) < 4.78 is 17.4. The van der Waals surface area contributed by atoms with Gasteiger partial charge in [0, 0.05) is 6.07 Å². The van der Waals surface area contributed by atoms with Crippen molar-refractivity contribution in [2.24, 2.45) is 5.16 Å². The van der Waals surface area contributed by atoms with E-state index in [1.165, 1.54) is 7.11 Å². The summed E-state index contributed by atoms with van der Waals surface area (Å²) in [6, 6.07) is 7.65. The summed E-state index contributed by atoms with van der Waals surface area (Å²) in [7, 11) is 1.50. The molecule has 31 heavy (non-hydrogen) atoms. The quantitative estimate of drug-likeness (QED) is 0.193. The predicted octanol–water partition coefficient (Wildman–Crippen LogP) is 5.05. The normalized spacial score (nSPS) is 11.6. The second kappa shape index (κ2) is 13.3. The molecule has 1 aromatic heterocycles. The van der Waals surface area contributed by atoms with Gasteiger partial charge in [0.1, 0.15) is 36.6 Å². The van der Waals surface area contributed by atoms with E-state index in [1.807, 2.05) is 58.0 Å². The fourth-order valence-electron chi connectivity index (χ4n) is 2.97. The summed E-state index contributed by atoms with van der Waals surface area (Å²) in [6.07, 6.45) is 6.85. The molecule has 168 valence electrons. The molecule has 0 saturated carbocycles. The van der Waals surface area contributed by atoms with Crippen LogP contribution in [-0.4, -0.2) is 42.8 Å². The third-order valence-electron chi connectivity index (χ3n) is 4.54. The van der Waals surface area contributed by atoms with Crippen LogP contribution in [0.2, 0.25) is 0 Å². The van der Waals surface area contributed by atoms with Gasteiger partial charge in [-0.1, -0.05) is 17.3 Å². The highest BCUT2D eigenvalue weighted by Gasteiger charge is 2.07. The van der Waals surface area contributed by atoms with E-state index in [0.29, 0.717) is 37.1 Å². The lowest BCUT2D eigenvalue weighted by molar-refractivity contribution is 0.213. The first-order valence-corrected chi connectivity index (χ1v) is 10.6. The van der Waals surface area contributed by atoms with Crippen molar-refractivity contribution >= 4 is 5.71 Å². The molecule has 0 aliphatic rings. The number of aryl methyl sites for hydroxylation is 2. The SMILES string of the molecule is C/C=C/COc1cc(C)c(OCCCCCOc2ccc(C(C)=NOC)nn2)c(C)c1. The zero-order valence-corrected chi connectivity index (χ0v) is 19.2. The Morgan fingerprint density at radius 2 is 1.68 bits per heavy atom. The summed E-state index contributed by atoms with van der Waals surface area (Å²) in [5.74, 6) is 2.32. The van der Waals surface area contributed by atoms with Crippen molar-refractivity contribution in [3.63, 3.8) is 0 Å². The molecule has 0 radical (unpaired) electrons. The Kier molecular flexibility index (Phi) is 10.3. The first-order valence-electron chi connectivity index (χ1n) is 10.6. The minimum absolute atomic E-state index is 0.508. The van der Waals surface area contributed by atoms with Crippen LogP contribution in [0.5, 0.6) is 17.4 Å². The van der Waals surface area contributed by atoms with Crippen LogP contribution >= 0.6 is 0 Å². The number of allylic oxidation sites excluding steroid dienone is 1. The van der Waals surface area contributed by atoms with Gasteiger partial charge in [0.25, 0.3) is 0 Å². The number of hydrogen-bond acceptors (Lipinski definition) is 7. The molecule has 1 aromatic carbocycles. The fourth-order valence-corrected chi connectivity index (χ4v) is 2.97. The first kappa shape index (κ1) is 24.2. The van der Waals surface area contributed by atoms with Gasteiger partial charge in [-0.2, -0.15) is 0 Å². The molecular formula is C24H33N3O4. The highest BCUT2D eigenvalue weighted by Crippen LogP contribution is 2.28. The zero-order chi connectivity index (χ0) is 22.5. The monoisotopic (exact) mass is 427 g/mol. The smallest absolute Gasteiger partial charge is 0.233 e. The van der Waals surface area contributed by atoms with Crippen LogP contribution in [0.4, 0.5) is 0 Å². The minimum atomic E-state index is 0.508. The summed E-state index contributed by atoms with van der Waals surface area (Å²) in [5.41, 5.74) is 3.51. The van der Waals surface area contributed by atoms with E-state index < -0.39 is 0 Å². The Hall–Kier alpha value is -3.09. The van der Waals surface area contributed by atoms with Crippen LogP contribution in [0.1, 0.15) is 49.9 Å². The Balaban J connectivity index is 1.67.